The molecule has 4 nitrogen and oxygen atoms in total. The van der Waals surface area contributed by atoms with Crippen LogP contribution in [0.5, 0.6) is 0 Å². The summed E-state index contributed by atoms with van der Waals surface area (Å²) in [6.07, 6.45) is 1.11. The Morgan fingerprint density at radius 2 is 1.94 bits per heavy atom. The second kappa shape index (κ2) is 6.89. The second-order valence-electron chi connectivity index (χ2n) is 4.33. The standard InChI is InChI=1S/C14H22N2O2/c1-4-10-16(5-2)13-8-6-12(7-9-13)15-11(3)14(17)18/h6-9,11,15H,4-5,10H2,1-3H3,(H,17,18)/t11-/m0/s1. The van der Waals surface area contributed by atoms with Gasteiger partial charge >= 0.3 is 5.97 Å². The fourth-order valence-electron chi connectivity index (χ4n) is 1.82. The number of carbonyl (C=O) groups is 1. The normalized spacial score (nSPS) is 11.9. The van der Waals surface area contributed by atoms with Gasteiger partial charge in [0.15, 0.2) is 0 Å². The van der Waals surface area contributed by atoms with E-state index in [2.05, 4.69) is 24.1 Å². The Labute approximate surface area is 109 Å². The number of carboxylic acid groups (broad SMARTS) is 1. The van der Waals surface area contributed by atoms with E-state index in [4.69, 9.17) is 5.11 Å². The van der Waals surface area contributed by atoms with Gasteiger partial charge in [0.25, 0.3) is 0 Å². The molecular formula is C14H22N2O2. The van der Waals surface area contributed by atoms with E-state index in [1.165, 1.54) is 5.69 Å². The largest absolute Gasteiger partial charge is 0.480 e. The maximum absolute atomic E-state index is 10.7. The smallest absolute Gasteiger partial charge is 0.325 e. The average Bonchev–Trinajstić information content (AvgIpc) is 2.37. The van der Waals surface area contributed by atoms with Crippen molar-refractivity contribution in [3.05, 3.63) is 24.3 Å². The van der Waals surface area contributed by atoms with Crippen LogP contribution in [0.15, 0.2) is 24.3 Å². The molecule has 1 atom stereocenters. The number of rotatable bonds is 7. The lowest BCUT2D eigenvalue weighted by Crippen LogP contribution is -2.25. The van der Waals surface area contributed by atoms with E-state index in [1.807, 2.05) is 24.3 Å². The van der Waals surface area contributed by atoms with E-state index in [9.17, 15) is 4.79 Å². The molecule has 0 spiro atoms. The summed E-state index contributed by atoms with van der Waals surface area (Å²) in [7, 11) is 0. The highest BCUT2D eigenvalue weighted by molar-refractivity contribution is 5.76. The zero-order valence-corrected chi connectivity index (χ0v) is 11.3. The average molecular weight is 250 g/mol. The number of hydrogen-bond acceptors (Lipinski definition) is 3. The molecule has 0 amide bonds. The van der Waals surface area contributed by atoms with Gasteiger partial charge in [0.05, 0.1) is 0 Å². The third kappa shape index (κ3) is 3.95. The van der Waals surface area contributed by atoms with Crippen LogP contribution in [0, 0.1) is 0 Å². The number of aliphatic carboxylic acids is 1. The first kappa shape index (κ1) is 14.4. The van der Waals surface area contributed by atoms with Crippen LogP contribution < -0.4 is 10.2 Å². The summed E-state index contributed by atoms with van der Waals surface area (Å²) in [5.74, 6) is -0.847. The molecule has 4 heteroatoms. The van der Waals surface area contributed by atoms with Crippen molar-refractivity contribution in [2.45, 2.75) is 33.2 Å². The Bertz CT molecular complexity index is 376. The number of anilines is 2. The van der Waals surface area contributed by atoms with Gasteiger partial charge in [-0.3, -0.25) is 4.79 Å². The fraction of sp³-hybridized carbons (Fsp3) is 0.500. The lowest BCUT2D eigenvalue weighted by atomic mass is 10.2. The highest BCUT2D eigenvalue weighted by atomic mass is 16.4. The number of nitrogens with zero attached hydrogens (tertiary/aromatic N) is 1. The Hall–Kier alpha value is -1.71. The molecule has 100 valence electrons. The van der Waals surface area contributed by atoms with Crippen LogP contribution in [-0.2, 0) is 4.79 Å². The third-order valence-electron chi connectivity index (χ3n) is 2.86. The molecule has 2 N–H and O–H groups in total. The van der Waals surface area contributed by atoms with E-state index >= 15 is 0 Å². The number of carboxylic acids is 1. The van der Waals surface area contributed by atoms with Gasteiger partial charge in [0, 0.05) is 24.5 Å². The number of nitrogens with one attached hydrogen (secondary N) is 1. The topological polar surface area (TPSA) is 52.6 Å². The van der Waals surface area contributed by atoms with Crippen molar-refractivity contribution in [3.63, 3.8) is 0 Å². The lowest BCUT2D eigenvalue weighted by molar-refractivity contribution is -0.137. The van der Waals surface area contributed by atoms with E-state index in [0.717, 1.165) is 25.2 Å². The van der Waals surface area contributed by atoms with Gasteiger partial charge in [-0.1, -0.05) is 6.92 Å². The minimum atomic E-state index is -0.847. The van der Waals surface area contributed by atoms with Crippen LogP contribution in [-0.4, -0.2) is 30.2 Å². The summed E-state index contributed by atoms with van der Waals surface area (Å²) < 4.78 is 0. The predicted molar refractivity (Wildman–Crippen MR) is 75.3 cm³/mol. The maximum atomic E-state index is 10.7. The lowest BCUT2D eigenvalue weighted by Gasteiger charge is -2.22. The monoisotopic (exact) mass is 250 g/mol. The van der Waals surface area contributed by atoms with Crippen molar-refractivity contribution < 1.29 is 9.90 Å². The SMILES string of the molecule is CCCN(CC)c1ccc(N[C@@H](C)C(=O)O)cc1. The quantitative estimate of drug-likeness (QED) is 0.781. The van der Waals surface area contributed by atoms with Crippen molar-refractivity contribution in [3.8, 4) is 0 Å². The van der Waals surface area contributed by atoms with E-state index < -0.39 is 12.0 Å². The molecule has 0 bridgehead atoms. The van der Waals surface area contributed by atoms with Crippen LogP contribution in [0.3, 0.4) is 0 Å². The third-order valence-corrected chi connectivity index (χ3v) is 2.86. The maximum Gasteiger partial charge on any atom is 0.325 e. The van der Waals surface area contributed by atoms with E-state index in [-0.39, 0.29) is 0 Å². The Morgan fingerprint density at radius 1 is 1.33 bits per heavy atom. The fourth-order valence-corrected chi connectivity index (χ4v) is 1.82. The minimum Gasteiger partial charge on any atom is -0.480 e. The Kier molecular flexibility index (Phi) is 5.49. The summed E-state index contributed by atoms with van der Waals surface area (Å²) in [5, 5.41) is 11.8. The van der Waals surface area contributed by atoms with Crippen LogP contribution >= 0.6 is 0 Å². The Morgan fingerprint density at radius 3 is 2.39 bits per heavy atom. The molecule has 1 aromatic carbocycles. The highest BCUT2D eigenvalue weighted by Gasteiger charge is 2.10. The first-order valence-corrected chi connectivity index (χ1v) is 6.42. The molecule has 0 aliphatic rings. The van der Waals surface area contributed by atoms with Gasteiger partial charge in [-0.15, -0.1) is 0 Å². The summed E-state index contributed by atoms with van der Waals surface area (Å²) in [5.41, 5.74) is 2.01. The number of hydrogen-bond donors (Lipinski definition) is 2. The van der Waals surface area contributed by atoms with Crippen molar-refractivity contribution in [1.29, 1.82) is 0 Å². The van der Waals surface area contributed by atoms with Gasteiger partial charge < -0.3 is 15.3 Å². The molecule has 0 saturated carbocycles. The molecule has 1 aromatic rings. The zero-order valence-electron chi connectivity index (χ0n) is 11.3. The summed E-state index contributed by atoms with van der Waals surface area (Å²) >= 11 is 0. The van der Waals surface area contributed by atoms with Crippen LogP contribution in [0.2, 0.25) is 0 Å². The first-order chi connectivity index (χ1) is 8.58. The molecule has 0 aliphatic carbocycles. The van der Waals surface area contributed by atoms with Crippen LogP contribution in [0.4, 0.5) is 11.4 Å². The molecule has 0 saturated heterocycles. The van der Waals surface area contributed by atoms with E-state index in [0.29, 0.717) is 0 Å². The van der Waals surface area contributed by atoms with Gasteiger partial charge in [-0.2, -0.15) is 0 Å². The van der Waals surface area contributed by atoms with Crippen LogP contribution in [0.25, 0.3) is 0 Å². The van der Waals surface area contributed by atoms with Gasteiger partial charge in [-0.25, -0.2) is 0 Å². The molecule has 0 unspecified atom stereocenters. The molecule has 0 fully saturated rings. The molecule has 0 radical (unpaired) electrons. The van der Waals surface area contributed by atoms with E-state index in [1.54, 1.807) is 6.92 Å². The van der Waals surface area contributed by atoms with Crippen molar-refractivity contribution in [1.82, 2.24) is 0 Å². The predicted octanol–water partition coefficient (Wildman–Crippen LogP) is 2.81. The highest BCUT2D eigenvalue weighted by Crippen LogP contribution is 2.18. The Balaban J connectivity index is 2.70. The first-order valence-electron chi connectivity index (χ1n) is 6.42. The second-order valence-corrected chi connectivity index (χ2v) is 4.33. The van der Waals surface area contributed by atoms with Crippen LogP contribution in [0.1, 0.15) is 27.2 Å². The van der Waals surface area contributed by atoms with Gasteiger partial charge in [0.2, 0.25) is 0 Å². The molecule has 0 heterocycles. The van der Waals surface area contributed by atoms with Crippen molar-refractivity contribution in [2.75, 3.05) is 23.3 Å². The molecule has 1 rings (SSSR count). The number of benzene rings is 1. The van der Waals surface area contributed by atoms with Gasteiger partial charge in [0.1, 0.15) is 6.04 Å². The molecule has 18 heavy (non-hydrogen) atoms. The zero-order chi connectivity index (χ0) is 13.5. The minimum absolute atomic E-state index is 0.575. The molecule has 0 aliphatic heterocycles. The summed E-state index contributed by atoms with van der Waals surface area (Å²) in [6.45, 7) is 7.94. The van der Waals surface area contributed by atoms with Crippen molar-refractivity contribution >= 4 is 17.3 Å². The summed E-state index contributed by atoms with van der Waals surface area (Å²) in [4.78, 5) is 13.0. The molecule has 0 aromatic heterocycles. The molecular weight excluding hydrogens is 228 g/mol. The van der Waals surface area contributed by atoms with Crippen molar-refractivity contribution in [2.24, 2.45) is 0 Å². The summed E-state index contributed by atoms with van der Waals surface area (Å²) in [6, 6.07) is 7.32. The van der Waals surface area contributed by atoms with Gasteiger partial charge in [-0.05, 0) is 44.5 Å².